The monoisotopic (exact) mass is 350 g/mol. The summed E-state index contributed by atoms with van der Waals surface area (Å²) in [6, 6.07) is 14.2. The van der Waals surface area contributed by atoms with Gasteiger partial charge in [-0.15, -0.1) is 0 Å². The van der Waals surface area contributed by atoms with E-state index in [9.17, 15) is 9.59 Å². The van der Waals surface area contributed by atoms with Gasteiger partial charge in [0.2, 0.25) is 0 Å². The molecule has 0 radical (unpaired) electrons. The van der Waals surface area contributed by atoms with Crippen molar-refractivity contribution >= 4 is 11.9 Å². The van der Waals surface area contributed by atoms with E-state index in [1.165, 1.54) is 14.2 Å². The molecule has 2 aromatic rings. The second-order valence-corrected chi connectivity index (χ2v) is 4.70. The summed E-state index contributed by atoms with van der Waals surface area (Å²) in [4.78, 5) is 21.9. The Labute approximate surface area is 150 Å². The van der Waals surface area contributed by atoms with Crippen molar-refractivity contribution in [1.82, 2.24) is 0 Å². The molecular formula is C20H14O6. The lowest BCUT2D eigenvalue weighted by atomic mass is 10.1. The van der Waals surface area contributed by atoms with Crippen LogP contribution in [-0.2, 0) is 19.1 Å². The van der Waals surface area contributed by atoms with Crippen LogP contribution in [-0.4, -0.2) is 26.2 Å². The topological polar surface area (TPSA) is 71.1 Å². The van der Waals surface area contributed by atoms with Crippen LogP contribution in [0.3, 0.4) is 0 Å². The molecule has 0 saturated carbocycles. The SMILES string of the molecule is COC(=O)C#COc1cccc(-c2cccc(OC#CC(=O)OC)c2)c1. The first-order valence-corrected chi connectivity index (χ1v) is 7.34. The van der Waals surface area contributed by atoms with Crippen molar-refractivity contribution in [2.75, 3.05) is 14.2 Å². The molecule has 0 saturated heterocycles. The Morgan fingerprint density at radius 3 is 1.54 bits per heavy atom. The standard InChI is InChI=1S/C20H14O6/c1-23-19(21)9-11-25-17-7-3-5-15(13-17)16-6-4-8-18(14-16)26-12-10-20(22)24-2/h3-8,13-14H,1-2H3. The van der Waals surface area contributed by atoms with Crippen molar-refractivity contribution in [2.45, 2.75) is 0 Å². The van der Waals surface area contributed by atoms with E-state index in [2.05, 4.69) is 33.5 Å². The van der Waals surface area contributed by atoms with Gasteiger partial charge < -0.3 is 18.9 Å². The summed E-state index contributed by atoms with van der Waals surface area (Å²) >= 11 is 0. The highest BCUT2D eigenvalue weighted by atomic mass is 16.5. The summed E-state index contributed by atoms with van der Waals surface area (Å²) in [5, 5.41) is 0. The molecule has 0 fully saturated rings. The highest BCUT2D eigenvalue weighted by Gasteiger charge is 2.02. The van der Waals surface area contributed by atoms with Crippen LogP contribution < -0.4 is 9.47 Å². The molecule has 0 atom stereocenters. The highest BCUT2D eigenvalue weighted by Crippen LogP contribution is 2.26. The van der Waals surface area contributed by atoms with E-state index in [1.54, 1.807) is 36.4 Å². The van der Waals surface area contributed by atoms with Gasteiger partial charge in [-0.3, -0.25) is 0 Å². The summed E-state index contributed by atoms with van der Waals surface area (Å²) < 4.78 is 19.2. The van der Waals surface area contributed by atoms with Crippen molar-refractivity contribution in [3.05, 3.63) is 48.5 Å². The van der Waals surface area contributed by atoms with Gasteiger partial charge in [0.05, 0.1) is 26.1 Å². The van der Waals surface area contributed by atoms with Gasteiger partial charge in [-0.2, -0.15) is 0 Å². The number of ether oxygens (including phenoxy) is 4. The maximum absolute atomic E-state index is 10.9. The molecule has 2 aromatic carbocycles. The van der Waals surface area contributed by atoms with Crippen molar-refractivity contribution in [2.24, 2.45) is 0 Å². The molecule has 26 heavy (non-hydrogen) atoms. The minimum Gasteiger partial charge on any atom is -0.459 e. The molecule has 0 aromatic heterocycles. The van der Waals surface area contributed by atoms with Gasteiger partial charge in [-0.1, -0.05) is 24.3 Å². The molecule has 0 unspecified atom stereocenters. The van der Waals surface area contributed by atoms with E-state index in [4.69, 9.17) is 9.47 Å². The third-order valence-electron chi connectivity index (χ3n) is 3.02. The van der Waals surface area contributed by atoms with Crippen LogP contribution in [0.15, 0.2) is 48.5 Å². The predicted octanol–water partition coefficient (Wildman–Crippen LogP) is 2.38. The van der Waals surface area contributed by atoms with Gasteiger partial charge in [0, 0.05) is 0 Å². The fourth-order valence-corrected chi connectivity index (χ4v) is 1.83. The van der Waals surface area contributed by atoms with Crippen molar-refractivity contribution in [3.8, 4) is 46.7 Å². The van der Waals surface area contributed by atoms with Crippen LogP contribution in [0.4, 0.5) is 0 Å². The number of esters is 2. The van der Waals surface area contributed by atoms with Crippen molar-refractivity contribution < 1.29 is 28.5 Å². The Hall–Kier alpha value is -3.90. The van der Waals surface area contributed by atoms with E-state index in [0.29, 0.717) is 11.5 Å². The molecule has 6 heteroatoms. The number of methoxy groups -OCH3 is 2. The number of hydrogen-bond donors (Lipinski definition) is 0. The molecule has 0 bridgehead atoms. The van der Waals surface area contributed by atoms with Crippen LogP contribution >= 0.6 is 0 Å². The average molecular weight is 350 g/mol. The third kappa shape index (κ3) is 5.63. The van der Waals surface area contributed by atoms with Crippen LogP contribution in [0.1, 0.15) is 0 Å². The molecule has 0 aliphatic rings. The molecule has 0 spiro atoms. The number of rotatable bonds is 3. The number of benzene rings is 2. The van der Waals surface area contributed by atoms with Crippen molar-refractivity contribution in [1.29, 1.82) is 0 Å². The maximum Gasteiger partial charge on any atom is 0.387 e. The predicted molar refractivity (Wildman–Crippen MR) is 92.7 cm³/mol. The summed E-state index contributed by atoms with van der Waals surface area (Å²) in [6.45, 7) is 0. The normalized spacial score (nSPS) is 8.85. The van der Waals surface area contributed by atoms with Gasteiger partial charge in [0.15, 0.2) is 0 Å². The lowest BCUT2D eigenvalue weighted by Gasteiger charge is -2.05. The van der Waals surface area contributed by atoms with E-state index in [1.807, 2.05) is 12.1 Å². The summed E-state index contributed by atoms with van der Waals surface area (Å²) in [5.74, 6) is 3.93. The van der Waals surface area contributed by atoms with Crippen LogP contribution in [0, 0.1) is 24.1 Å². The van der Waals surface area contributed by atoms with Gasteiger partial charge in [0.1, 0.15) is 23.7 Å². The molecule has 0 N–H and O–H groups in total. The Balaban J connectivity index is 2.15. The first-order chi connectivity index (χ1) is 12.6. The van der Waals surface area contributed by atoms with Crippen molar-refractivity contribution in [3.63, 3.8) is 0 Å². The second kappa shape index (κ2) is 9.41. The minimum atomic E-state index is -0.681. The van der Waals surface area contributed by atoms with Crippen LogP contribution in [0.2, 0.25) is 0 Å². The Kier molecular flexibility index (Phi) is 6.67. The number of carbonyl (C=O) groups excluding carboxylic acids is 2. The van der Waals surface area contributed by atoms with Gasteiger partial charge in [-0.25, -0.2) is 9.59 Å². The molecule has 0 amide bonds. The van der Waals surface area contributed by atoms with E-state index in [0.717, 1.165) is 11.1 Å². The number of carbonyl (C=O) groups is 2. The van der Waals surface area contributed by atoms with Gasteiger partial charge >= 0.3 is 11.9 Å². The Morgan fingerprint density at radius 1 is 0.731 bits per heavy atom. The zero-order valence-electron chi connectivity index (χ0n) is 14.1. The summed E-state index contributed by atoms with van der Waals surface area (Å²) in [6.07, 6.45) is 4.55. The second-order valence-electron chi connectivity index (χ2n) is 4.70. The first kappa shape index (κ1) is 18.4. The zero-order valence-corrected chi connectivity index (χ0v) is 14.1. The molecule has 6 nitrogen and oxygen atoms in total. The van der Waals surface area contributed by atoms with E-state index < -0.39 is 11.9 Å². The average Bonchev–Trinajstić information content (AvgIpc) is 2.68. The molecule has 0 aliphatic carbocycles. The van der Waals surface area contributed by atoms with Crippen LogP contribution in [0.25, 0.3) is 11.1 Å². The fraction of sp³-hybridized carbons (Fsp3) is 0.100. The smallest absolute Gasteiger partial charge is 0.387 e. The first-order valence-electron chi connectivity index (χ1n) is 7.34. The molecule has 0 heterocycles. The van der Waals surface area contributed by atoms with Gasteiger partial charge in [0.25, 0.3) is 0 Å². The lowest BCUT2D eigenvalue weighted by Crippen LogP contribution is -1.96. The maximum atomic E-state index is 10.9. The van der Waals surface area contributed by atoms with E-state index >= 15 is 0 Å². The third-order valence-corrected chi connectivity index (χ3v) is 3.02. The molecule has 0 aliphatic heterocycles. The zero-order chi connectivity index (χ0) is 18.8. The Morgan fingerprint density at radius 2 is 1.15 bits per heavy atom. The molecular weight excluding hydrogens is 336 g/mol. The fourth-order valence-electron chi connectivity index (χ4n) is 1.83. The largest absolute Gasteiger partial charge is 0.459 e. The van der Waals surface area contributed by atoms with Gasteiger partial charge in [-0.05, 0) is 35.4 Å². The quantitative estimate of drug-likeness (QED) is 0.625. The number of hydrogen-bond acceptors (Lipinski definition) is 6. The Bertz CT molecular complexity index is 847. The van der Waals surface area contributed by atoms with Crippen LogP contribution in [0.5, 0.6) is 11.5 Å². The highest BCUT2D eigenvalue weighted by molar-refractivity contribution is 5.88. The van der Waals surface area contributed by atoms with E-state index in [-0.39, 0.29) is 0 Å². The summed E-state index contributed by atoms with van der Waals surface area (Å²) in [5.41, 5.74) is 1.68. The molecule has 2 rings (SSSR count). The lowest BCUT2D eigenvalue weighted by molar-refractivity contribution is -0.134. The molecule has 130 valence electrons. The summed E-state index contributed by atoms with van der Waals surface area (Å²) in [7, 11) is 2.48. The minimum absolute atomic E-state index is 0.468.